The van der Waals surface area contributed by atoms with Crippen molar-refractivity contribution in [2.24, 2.45) is 17.3 Å². The Morgan fingerprint density at radius 2 is 2.00 bits per heavy atom. The summed E-state index contributed by atoms with van der Waals surface area (Å²) in [4.78, 5) is 2.68. The first kappa shape index (κ1) is 7.34. The summed E-state index contributed by atoms with van der Waals surface area (Å²) in [6.07, 6.45) is 1.53. The summed E-state index contributed by atoms with van der Waals surface area (Å²) >= 11 is 0. The normalized spacial score (nSPS) is 43.8. The summed E-state index contributed by atoms with van der Waals surface area (Å²) in [6.45, 7) is 9.03. The zero-order chi connectivity index (χ0) is 8.18. The molecular weight excluding hydrogens is 148 g/mol. The Balaban J connectivity index is 1.55. The highest BCUT2D eigenvalue weighted by Crippen LogP contribution is 2.45. The number of piperidine rings is 1. The lowest BCUT2D eigenvalue weighted by atomic mass is 9.83. The average molecular weight is 166 g/mol. The van der Waals surface area contributed by atoms with E-state index in [9.17, 15) is 0 Å². The van der Waals surface area contributed by atoms with Gasteiger partial charge in [0.15, 0.2) is 0 Å². The van der Waals surface area contributed by atoms with E-state index in [1.165, 1.54) is 39.1 Å². The molecule has 2 heteroatoms. The van der Waals surface area contributed by atoms with Gasteiger partial charge in [-0.1, -0.05) is 6.92 Å². The van der Waals surface area contributed by atoms with Gasteiger partial charge in [-0.2, -0.15) is 0 Å². The molecule has 0 spiro atoms. The molecule has 0 aromatic carbocycles. The van der Waals surface area contributed by atoms with Crippen molar-refractivity contribution in [3.63, 3.8) is 0 Å². The van der Waals surface area contributed by atoms with E-state index < -0.39 is 0 Å². The number of nitrogens with one attached hydrogen (secondary N) is 1. The molecule has 2 atom stereocenters. The van der Waals surface area contributed by atoms with Crippen molar-refractivity contribution in [3.05, 3.63) is 0 Å². The van der Waals surface area contributed by atoms with Gasteiger partial charge in [-0.15, -0.1) is 0 Å². The van der Waals surface area contributed by atoms with E-state index in [1.807, 2.05) is 0 Å². The number of hydrogen-bond acceptors (Lipinski definition) is 2. The van der Waals surface area contributed by atoms with E-state index in [-0.39, 0.29) is 0 Å². The quantitative estimate of drug-likeness (QED) is 0.644. The molecule has 2 nitrogen and oxygen atoms in total. The third-order valence-corrected chi connectivity index (χ3v) is 3.76. The molecular formula is C10H18N2. The SMILES string of the molecule is CC1(CN2CC3CC3C2)CNC1. The lowest BCUT2D eigenvalue weighted by Crippen LogP contribution is -2.56. The molecule has 0 aromatic rings. The van der Waals surface area contributed by atoms with Crippen LogP contribution in [0.1, 0.15) is 13.3 Å². The summed E-state index contributed by atoms with van der Waals surface area (Å²) in [5, 5.41) is 3.37. The second kappa shape index (κ2) is 2.24. The fourth-order valence-electron chi connectivity index (χ4n) is 2.83. The number of likely N-dealkylation sites (tertiary alicyclic amines) is 1. The first-order chi connectivity index (χ1) is 5.75. The second-order valence-corrected chi connectivity index (χ2v) is 5.36. The largest absolute Gasteiger partial charge is 0.315 e. The Morgan fingerprint density at radius 1 is 1.33 bits per heavy atom. The predicted octanol–water partition coefficient (Wildman–Crippen LogP) is 0.548. The molecule has 0 bridgehead atoms. The van der Waals surface area contributed by atoms with Crippen LogP contribution in [-0.2, 0) is 0 Å². The van der Waals surface area contributed by atoms with Gasteiger partial charge in [-0.05, 0) is 18.3 Å². The Bertz CT molecular complexity index is 188. The standard InChI is InChI=1S/C10H18N2/c1-10(5-11-6-10)7-12-3-8-2-9(8)4-12/h8-9,11H,2-7H2,1H3. The highest BCUT2D eigenvalue weighted by Gasteiger charge is 2.46. The molecule has 3 fully saturated rings. The van der Waals surface area contributed by atoms with E-state index >= 15 is 0 Å². The first-order valence-corrected chi connectivity index (χ1v) is 5.18. The van der Waals surface area contributed by atoms with E-state index in [0.29, 0.717) is 5.41 Å². The number of rotatable bonds is 2. The van der Waals surface area contributed by atoms with E-state index in [0.717, 1.165) is 11.8 Å². The minimum atomic E-state index is 0.608. The minimum Gasteiger partial charge on any atom is -0.315 e. The van der Waals surface area contributed by atoms with Crippen molar-refractivity contribution < 1.29 is 0 Å². The molecule has 12 heavy (non-hydrogen) atoms. The Hall–Kier alpha value is -0.0800. The molecule has 1 saturated carbocycles. The molecule has 0 amide bonds. The average Bonchev–Trinajstić information content (AvgIpc) is 2.57. The third-order valence-electron chi connectivity index (χ3n) is 3.76. The molecule has 3 rings (SSSR count). The van der Waals surface area contributed by atoms with E-state index in [2.05, 4.69) is 17.1 Å². The maximum Gasteiger partial charge on any atom is 0.00599 e. The van der Waals surface area contributed by atoms with Crippen molar-refractivity contribution in [1.29, 1.82) is 0 Å². The first-order valence-electron chi connectivity index (χ1n) is 5.18. The summed E-state index contributed by atoms with van der Waals surface area (Å²) in [5.74, 6) is 2.20. The fourth-order valence-corrected chi connectivity index (χ4v) is 2.83. The highest BCUT2D eigenvalue weighted by atomic mass is 15.2. The van der Waals surface area contributed by atoms with Gasteiger partial charge in [-0.25, -0.2) is 0 Å². The molecule has 1 aliphatic carbocycles. The van der Waals surface area contributed by atoms with Gasteiger partial charge in [0.2, 0.25) is 0 Å². The van der Waals surface area contributed by atoms with E-state index in [4.69, 9.17) is 0 Å². The Kier molecular flexibility index (Phi) is 1.37. The Morgan fingerprint density at radius 3 is 2.50 bits per heavy atom. The van der Waals surface area contributed by atoms with Gasteiger partial charge in [0, 0.05) is 38.1 Å². The molecule has 0 radical (unpaired) electrons. The molecule has 1 N–H and O–H groups in total. The third kappa shape index (κ3) is 1.09. The van der Waals surface area contributed by atoms with Crippen LogP contribution in [0.5, 0.6) is 0 Å². The lowest BCUT2D eigenvalue weighted by molar-refractivity contribution is 0.117. The van der Waals surface area contributed by atoms with Crippen molar-refractivity contribution >= 4 is 0 Å². The topological polar surface area (TPSA) is 15.3 Å². The van der Waals surface area contributed by atoms with Crippen molar-refractivity contribution in [2.45, 2.75) is 13.3 Å². The molecule has 68 valence electrons. The van der Waals surface area contributed by atoms with Gasteiger partial charge >= 0.3 is 0 Å². The number of hydrogen-bond donors (Lipinski definition) is 1. The molecule has 2 saturated heterocycles. The molecule has 2 heterocycles. The van der Waals surface area contributed by atoms with Gasteiger partial charge in [0.05, 0.1) is 0 Å². The molecule has 2 aliphatic heterocycles. The van der Waals surface area contributed by atoms with Crippen molar-refractivity contribution in [3.8, 4) is 0 Å². The van der Waals surface area contributed by atoms with Crippen LogP contribution in [-0.4, -0.2) is 37.6 Å². The number of nitrogens with zero attached hydrogens (tertiary/aromatic N) is 1. The minimum absolute atomic E-state index is 0.608. The number of fused-ring (bicyclic) bond motifs is 1. The van der Waals surface area contributed by atoms with Crippen LogP contribution in [0.25, 0.3) is 0 Å². The molecule has 3 aliphatic rings. The summed E-state index contributed by atoms with van der Waals surface area (Å²) < 4.78 is 0. The fraction of sp³-hybridized carbons (Fsp3) is 1.00. The predicted molar refractivity (Wildman–Crippen MR) is 49.0 cm³/mol. The maximum absolute atomic E-state index is 3.37. The maximum atomic E-state index is 3.37. The monoisotopic (exact) mass is 166 g/mol. The van der Waals surface area contributed by atoms with Crippen molar-refractivity contribution in [1.82, 2.24) is 10.2 Å². The Labute approximate surface area is 74.3 Å². The second-order valence-electron chi connectivity index (χ2n) is 5.36. The smallest absolute Gasteiger partial charge is 0.00599 e. The summed E-state index contributed by atoms with van der Waals surface area (Å²) in [7, 11) is 0. The summed E-state index contributed by atoms with van der Waals surface area (Å²) in [5.41, 5.74) is 0.608. The van der Waals surface area contributed by atoms with Crippen LogP contribution < -0.4 is 5.32 Å². The zero-order valence-electron chi connectivity index (χ0n) is 7.84. The highest BCUT2D eigenvalue weighted by molar-refractivity contribution is 5.00. The van der Waals surface area contributed by atoms with E-state index in [1.54, 1.807) is 0 Å². The molecule has 2 unspecified atom stereocenters. The van der Waals surface area contributed by atoms with Crippen molar-refractivity contribution in [2.75, 3.05) is 32.7 Å². The summed E-state index contributed by atoms with van der Waals surface area (Å²) in [6, 6.07) is 0. The van der Waals surface area contributed by atoms with Gasteiger partial charge in [-0.3, -0.25) is 0 Å². The van der Waals surface area contributed by atoms with Gasteiger partial charge < -0.3 is 10.2 Å². The van der Waals surface area contributed by atoms with Gasteiger partial charge in [0.1, 0.15) is 0 Å². The van der Waals surface area contributed by atoms with Crippen LogP contribution in [0, 0.1) is 17.3 Å². The van der Waals surface area contributed by atoms with Crippen LogP contribution in [0.4, 0.5) is 0 Å². The lowest BCUT2D eigenvalue weighted by Gasteiger charge is -2.42. The van der Waals surface area contributed by atoms with Crippen LogP contribution >= 0.6 is 0 Å². The molecule has 0 aromatic heterocycles. The zero-order valence-corrected chi connectivity index (χ0v) is 7.84. The van der Waals surface area contributed by atoms with Crippen LogP contribution in [0.3, 0.4) is 0 Å². The van der Waals surface area contributed by atoms with Gasteiger partial charge in [0.25, 0.3) is 0 Å². The van der Waals surface area contributed by atoms with Crippen LogP contribution in [0.15, 0.2) is 0 Å². The van der Waals surface area contributed by atoms with Crippen LogP contribution in [0.2, 0.25) is 0 Å².